The molecule has 0 bridgehead atoms. The number of ketones is 1. The van der Waals surface area contributed by atoms with Gasteiger partial charge in [0.05, 0.1) is 23.6 Å². The minimum atomic E-state index is -1.47. The lowest BCUT2D eigenvalue weighted by molar-refractivity contribution is -0.142. The average molecular weight is 562 g/mol. The fourth-order valence-corrected chi connectivity index (χ4v) is 5.84. The molecule has 210 valence electrons. The van der Waals surface area contributed by atoms with Gasteiger partial charge >= 0.3 is 12.0 Å². The number of carbonyl (C=O) groups excluding carboxylic acids is 2. The van der Waals surface area contributed by atoms with Crippen molar-refractivity contribution in [3.05, 3.63) is 136 Å². The number of likely N-dealkylation sites (tertiary alicyclic amines) is 1. The van der Waals surface area contributed by atoms with Crippen LogP contribution in [0.25, 0.3) is 0 Å². The second kappa shape index (κ2) is 11.7. The third-order valence-electron chi connectivity index (χ3n) is 7.67. The number of nitrogens with zero attached hydrogens (tertiary/aromatic N) is 2. The minimum Gasteiger partial charge on any atom is -0.480 e. The van der Waals surface area contributed by atoms with E-state index in [2.05, 4.69) is 11.4 Å². The maximum absolute atomic E-state index is 14.4. The summed E-state index contributed by atoms with van der Waals surface area (Å²) in [6.45, 7) is 3.72. The Morgan fingerprint density at radius 3 is 2.07 bits per heavy atom. The number of carboxylic acid groups (broad SMARTS) is 1. The van der Waals surface area contributed by atoms with Crippen molar-refractivity contribution >= 4 is 23.5 Å². The van der Waals surface area contributed by atoms with Crippen LogP contribution in [0, 0.1) is 36.9 Å². The molecule has 4 unspecified atom stereocenters. The van der Waals surface area contributed by atoms with Gasteiger partial charge in [-0.1, -0.05) is 60.2 Å². The summed E-state index contributed by atoms with van der Waals surface area (Å²) < 4.78 is 14.0. The number of carbonyl (C=O) groups is 3. The molecule has 1 aliphatic heterocycles. The van der Waals surface area contributed by atoms with Crippen molar-refractivity contribution in [1.82, 2.24) is 4.90 Å². The maximum atomic E-state index is 14.4. The number of aryl methyl sites for hydroxylation is 2. The van der Waals surface area contributed by atoms with Crippen molar-refractivity contribution in [3.8, 4) is 6.07 Å². The van der Waals surface area contributed by atoms with Gasteiger partial charge in [0.2, 0.25) is 0 Å². The topological polar surface area (TPSA) is 110 Å². The van der Waals surface area contributed by atoms with Gasteiger partial charge < -0.3 is 15.3 Å². The van der Waals surface area contributed by atoms with Gasteiger partial charge in [-0.2, -0.15) is 5.26 Å². The molecule has 8 heteroatoms. The number of nitriles is 1. The van der Waals surface area contributed by atoms with Crippen molar-refractivity contribution in [2.24, 2.45) is 5.92 Å². The van der Waals surface area contributed by atoms with Crippen LogP contribution in [-0.2, 0) is 4.79 Å². The first kappa shape index (κ1) is 28.2. The van der Waals surface area contributed by atoms with Crippen molar-refractivity contribution in [1.29, 1.82) is 5.26 Å². The van der Waals surface area contributed by atoms with Gasteiger partial charge in [-0.05, 0) is 73.0 Å². The van der Waals surface area contributed by atoms with E-state index in [9.17, 15) is 29.1 Å². The zero-order valence-electron chi connectivity index (χ0n) is 23.0. The zero-order valence-corrected chi connectivity index (χ0v) is 23.0. The quantitative estimate of drug-likeness (QED) is 0.257. The molecule has 0 radical (unpaired) electrons. The highest BCUT2D eigenvalue weighted by Crippen LogP contribution is 2.51. The number of hydrogen-bond donors (Lipinski definition) is 2. The number of carboxylic acids is 1. The van der Waals surface area contributed by atoms with Gasteiger partial charge in [0.25, 0.3) is 0 Å². The molecule has 0 aliphatic carbocycles. The van der Waals surface area contributed by atoms with Crippen LogP contribution in [0.2, 0.25) is 0 Å². The summed E-state index contributed by atoms with van der Waals surface area (Å²) in [5.41, 5.74) is 3.86. The standard InChI is InChI=1S/C34H28FN3O4/c1-20-5-3-7-25(17-20)32(39)29-28(23-13-15-26(35)16-14-23)31(33(40)41)38(30(29)24-11-9-22(19-36)10-12-24)34(42)37-27-8-4-6-21(2)18-27/h3-18,28-31H,1-2H3,(H,37,42)(H,40,41). The fourth-order valence-electron chi connectivity index (χ4n) is 5.84. The van der Waals surface area contributed by atoms with Crippen LogP contribution in [0.3, 0.4) is 0 Å². The van der Waals surface area contributed by atoms with E-state index in [1.165, 1.54) is 29.2 Å². The minimum absolute atomic E-state index is 0.348. The van der Waals surface area contributed by atoms with Gasteiger partial charge in [0.15, 0.2) is 5.78 Å². The van der Waals surface area contributed by atoms with E-state index in [-0.39, 0.29) is 5.78 Å². The highest BCUT2D eigenvalue weighted by molar-refractivity contribution is 6.02. The molecule has 2 amide bonds. The second-order valence-corrected chi connectivity index (χ2v) is 10.5. The summed E-state index contributed by atoms with van der Waals surface area (Å²) in [5, 5.41) is 22.8. The van der Waals surface area contributed by atoms with E-state index in [0.717, 1.165) is 11.1 Å². The normalized spacial score (nSPS) is 19.6. The number of amides is 2. The number of anilines is 1. The monoisotopic (exact) mass is 561 g/mol. The largest absolute Gasteiger partial charge is 0.480 e. The van der Waals surface area contributed by atoms with Crippen LogP contribution < -0.4 is 5.32 Å². The van der Waals surface area contributed by atoms with E-state index in [4.69, 9.17) is 0 Å². The number of urea groups is 1. The van der Waals surface area contributed by atoms with Crippen LogP contribution in [-0.4, -0.2) is 33.8 Å². The Morgan fingerprint density at radius 2 is 1.48 bits per heavy atom. The molecule has 4 atom stereocenters. The molecule has 0 aromatic heterocycles. The van der Waals surface area contributed by atoms with Gasteiger partial charge in [0.1, 0.15) is 11.9 Å². The van der Waals surface area contributed by atoms with Crippen molar-refractivity contribution in [2.75, 3.05) is 5.32 Å². The highest BCUT2D eigenvalue weighted by atomic mass is 19.1. The van der Waals surface area contributed by atoms with Crippen LogP contribution in [0.15, 0.2) is 97.1 Å². The number of nitrogens with one attached hydrogen (secondary N) is 1. The van der Waals surface area contributed by atoms with Crippen molar-refractivity contribution in [3.63, 3.8) is 0 Å². The number of aliphatic carboxylic acids is 1. The number of halogens is 1. The second-order valence-electron chi connectivity index (χ2n) is 10.5. The fraction of sp³-hybridized carbons (Fsp3) is 0.176. The Hall–Kier alpha value is -5.29. The molecule has 1 fully saturated rings. The summed E-state index contributed by atoms with van der Waals surface area (Å²) in [5.74, 6) is -4.22. The van der Waals surface area contributed by atoms with E-state index < -0.39 is 41.7 Å². The molecule has 1 heterocycles. The van der Waals surface area contributed by atoms with E-state index in [0.29, 0.717) is 27.9 Å². The highest BCUT2D eigenvalue weighted by Gasteiger charge is 2.57. The van der Waals surface area contributed by atoms with Gasteiger partial charge in [0, 0.05) is 17.2 Å². The van der Waals surface area contributed by atoms with E-state index >= 15 is 0 Å². The predicted molar refractivity (Wildman–Crippen MR) is 155 cm³/mol. The van der Waals surface area contributed by atoms with Crippen LogP contribution in [0.5, 0.6) is 0 Å². The van der Waals surface area contributed by atoms with Crippen molar-refractivity contribution < 1.29 is 23.9 Å². The summed E-state index contributed by atoms with van der Waals surface area (Å²) in [4.78, 5) is 42.8. The van der Waals surface area contributed by atoms with Gasteiger partial charge in [-0.3, -0.25) is 4.79 Å². The Kier molecular flexibility index (Phi) is 7.85. The number of Topliss-reactive ketones (excluding diaryl/α,β-unsaturated/α-hetero) is 1. The lowest BCUT2D eigenvalue weighted by atomic mass is 9.76. The third kappa shape index (κ3) is 5.50. The Labute approximate surface area is 242 Å². The molecule has 0 saturated carbocycles. The van der Waals surface area contributed by atoms with Gasteiger partial charge in [-0.15, -0.1) is 0 Å². The van der Waals surface area contributed by atoms with Crippen LogP contribution in [0.1, 0.15) is 50.1 Å². The molecular formula is C34H28FN3O4. The predicted octanol–water partition coefficient (Wildman–Crippen LogP) is 6.64. The molecule has 4 aromatic rings. The summed E-state index contributed by atoms with van der Waals surface area (Å²) in [6.07, 6.45) is 0. The molecule has 0 spiro atoms. The first-order chi connectivity index (χ1) is 20.2. The van der Waals surface area contributed by atoms with E-state index in [1.807, 2.05) is 26.0 Å². The molecule has 2 N–H and O–H groups in total. The zero-order chi connectivity index (χ0) is 30.0. The number of rotatable bonds is 6. The molecule has 42 heavy (non-hydrogen) atoms. The molecule has 4 aromatic carbocycles. The van der Waals surface area contributed by atoms with Crippen LogP contribution in [0.4, 0.5) is 14.9 Å². The Balaban J connectivity index is 1.73. The first-order valence-electron chi connectivity index (χ1n) is 13.4. The summed E-state index contributed by atoms with van der Waals surface area (Å²) in [7, 11) is 0. The Bertz CT molecular complexity index is 1700. The third-order valence-corrected chi connectivity index (χ3v) is 7.67. The smallest absolute Gasteiger partial charge is 0.327 e. The van der Waals surface area contributed by atoms with Crippen LogP contribution >= 0.6 is 0 Å². The summed E-state index contributed by atoms with van der Waals surface area (Å²) in [6, 6.07) is 24.7. The lowest BCUT2D eigenvalue weighted by Gasteiger charge is -2.30. The molecule has 7 nitrogen and oxygen atoms in total. The first-order valence-corrected chi connectivity index (χ1v) is 13.4. The summed E-state index contributed by atoms with van der Waals surface area (Å²) >= 11 is 0. The van der Waals surface area contributed by atoms with Gasteiger partial charge in [-0.25, -0.2) is 14.0 Å². The maximum Gasteiger partial charge on any atom is 0.327 e. The van der Waals surface area contributed by atoms with E-state index in [1.54, 1.807) is 60.7 Å². The molecule has 1 aliphatic rings. The molecule has 1 saturated heterocycles. The number of benzene rings is 4. The number of hydrogen-bond acceptors (Lipinski definition) is 4. The molecular weight excluding hydrogens is 533 g/mol. The SMILES string of the molecule is Cc1cccc(NC(=O)N2C(C(=O)O)C(c3ccc(F)cc3)C(C(=O)c3cccc(C)c3)C2c2ccc(C#N)cc2)c1. The van der Waals surface area contributed by atoms with Crippen molar-refractivity contribution in [2.45, 2.75) is 31.8 Å². The average Bonchev–Trinajstić information content (AvgIpc) is 3.34. The Morgan fingerprint density at radius 1 is 0.857 bits per heavy atom. The molecule has 5 rings (SSSR count). The lowest BCUT2D eigenvalue weighted by Crippen LogP contribution is -2.45.